The van der Waals surface area contributed by atoms with E-state index < -0.39 is 12.0 Å². The van der Waals surface area contributed by atoms with Gasteiger partial charge in [-0.2, -0.15) is 0 Å². The minimum Gasteiger partial charge on any atom is -0.480 e. The summed E-state index contributed by atoms with van der Waals surface area (Å²) in [7, 11) is 1.93. The van der Waals surface area contributed by atoms with E-state index >= 15 is 0 Å². The summed E-state index contributed by atoms with van der Waals surface area (Å²) in [5, 5.41) is 8.63. The fraction of sp³-hybridized carbons (Fsp3) is 0.500. The highest BCUT2D eigenvalue weighted by Crippen LogP contribution is 2.22. The van der Waals surface area contributed by atoms with Crippen LogP contribution < -0.4 is 5.73 Å². The smallest absolute Gasteiger partial charge is 0.320 e. The first kappa shape index (κ1) is 13.4. The minimum atomic E-state index is -0.951. The van der Waals surface area contributed by atoms with Crippen molar-refractivity contribution in [2.24, 2.45) is 5.73 Å². The van der Waals surface area contributed by atoms with Crippen molar-refractivity contribution in [3.8, 4) is 0 Å². The Kier molecular flexibility index (Phi) is 5.21. The van der Waals surface area contributed by atoms with E-state index in [1.54, 1.807) is 0 Å². The molecule has 0 aliphatic heterocycles. The van der Waals surface area contributed by atoms with Crippen molar-refractivity contribution in [3.05, 3.63) is 21.3 Å². The summed E-state index contributed by atoms with van der Waals surface area (Å²) >= 11 is 7.35. The molecular weight excluding hydrogens is 248 g/mol. The highest BCUT2D eigenvalue weighted by molar-refractivity contribution is 7.16. The van der Waals surface area contributed by atoms with Crippen molar-refractivity contribution in [1.29, 1.82) is 0 Å². The van der Waals surface area contributed by atoms with E-state index in [2.05, 4.69) is 0 Å². The van der Waals surface area contributed by atoms with Gasteiger partial charge in [-0.05, 0) is 25.6 Å². The number of hydrogen-bond acceptors (Lipinski definition) is 4. The number of rotatable bonds is 6. The summed E-state index contributed by atoms with van der Waals surface area (Å²) in [6.45, 7) is 1.42. The van der Waals surface area contributed by atoms with Crippen LogP contribution in [0.5, 0.6) is 0 Å². The van der Waals surface area contributed by atoms with Crippen LogP contribution in [0.2, 0.25) is 4.34 Å². The highest BCUT2D eigenvalue weighted by atomic mass is 35.5. The van der Waals surface area contributed by atoms with E-state index in [0.29, 0.717) is 13.0 Å². The topological polar surface area (TPSA) is 66.6 Å². The maximum atomic E-state index is 10.5. The highest BCUT2D eigenvalue weighted by Gasteiger charge is 2.12. The quantitative estimate of drug-likeness (QED) is 0.818. The lowest BCUT2D eigenvalue weighted by Gasteiger charge is -2.16. The molecule has 6 heteroatoms. The van der Waals surface area contributed by atoms with E-state index in [-0.39, 0.29) is 0 Å². The predicted octanol–water partition coefficient (Wildman–Crippen LogP) is 1.64. The Hall–Kier alpha value is -0.620. The van der Waals surface area contributed by atoms with Crippen molar-refractivity contribution in [3.63, 3.8) is 0 Å². The maximum absolute atomic E-state index is 10.5. The van der Waals surface area contributed by atoms with Crippen LogP contribution >= 0.6 is 22.9 Å². The number of carboxylic acid groups (broad SMARTS) is 1. The molecule has 1 aromatic heterocycles. The molecule has 0 fully saturated rings. The number of nitrogens with two attached hydrogens (primary N) is 1. The number of carbonyl (C=O) groups is 1. The number of halogens is 1. The lowest BCUT2D eigenvalue weighted by Crippen LogP contribution is -2.34. The van der Waals surface area contributed by atoms with Gasteiger partial charge in [0.1, 0.15) is 6.04 Å². The van der Waals surface area contributed by atoms with Crippen molar-refractivity contribution >= 4 is 28.9 Å². The Balaban J connectivity index is 2.31. The van der Waals surface area contributed by atoms with Gasteiger partial charge < -0.3 is 15.7 Å². The van der Waals surface area contributed by atoms with Crippen LogP contribution in [0.4, 0.5) is 0 Å². The Labute approximate surface area is 104 Å². The second-order valence-corrected chi connectivity index (χ2v) is 5.48. The third-order valence-electron chi connectivity index (χ3n) is 2.19. The van der Waals surface area contributed by atoms with Crippen LogP contribution in [0.1, 0.15) is 11.3 Å². The number of aliphatic carboxylic acids is 1. The molecule has 0 saturated carbocycles. The van der Waals surface area contributed by atoms with Crippen LogP contribution in [0, 0.1) is 0 Å². The third-order valence-corrected chi connectivity index (χ3v) is 3.41. The van der Waals surface area contributed by atoms with E-state index in [1.807, 2.05) is 24.1 Å². The largest absolute Gasteiger partial charge is 0.480 e. The Morgan fingerprint density at radius 1 is 1.69 bits per heavy atom. The number of nitrogens with zero attached hydrogens (tertiary/aromatic N) is 1. The van der Waals surface area contributed by atoms with Gasteiger partial charge in [-0.15, -0.1) is 11.3 Å². The Bertz CT molecular complexity index is 356. The van der Waals surface area contributed by atoms with E-state index in [1.165, 1.54) is 11.3 Å². The molecule has 1 atom stereocenters. The molecule has 1 rings (SSSR count). The molecule has 4 nitrogen and oxygen atoms in total. The summed E-state index contributed by atoms with van der Waals surface area (Å²) in [6, 6.07) is 3.05. The summed E-state index contributed by atoms with van der Waals surface area (Å²) in [5.74, 6) is -0.951. The van der Waals surface area contributed by atoms with Crippen LogP contribution in [0.25, 0.3) is 0 Å². The SMILES string of the molecule is CN(CCC(N)C(=O)O)Cc1ccc(Cl)s1. The Morgan fingerprint density at radius 2 is 2.38 bits per heavy atom. The van der Waals surface area contributed by atoms with Crippen molar-refractivity contribution in [2.75, 3.05) is 13.6 Å². The van der Waals surface area contributed by atoms with Gasteiger partial charge in [-0.3, -0.25) is 4.79 Å². The van der Waals surface area contributed by atoms with Gasteiger partial charge >= 0.3 is 5.97 Å². The number of carboxylic acids is 1. The van der Waals surface area contributed by atoms with Crippen LogP contribution in [0.3, 0.4) is 0 Å². The average molecular weight is 263 g/mol. The molecule has 0 bridgehead atoms. The first-order valence-electron chi connectivity index (χ1n) is 4.90. The lowest BCUT2D eigenvalue weighted by molar-refractivity contribution is -0.138. The zero-order valence-electron chi connectivity index (χ0n) is 9.02. The van der Waals surface area contributed by atoms with Crippen molar-refractivity contribution in [2.45, 2.75) is 19.0 Å². The predicted molar refractivity (Wildman–Crippen MR) is 65.9 cm³/mol. The molecule has 1 heterocycles. The van der Waals surface area contributed by atoms with Gasteiger partial charge in [-0.1, -0.05) is 11.6 Å². The molecule has 3 N–H and O–H groups in total. The normalized spacial score (nSPS) is 13.0. The molecule has 0 radical (unpaired) electrons. The maximum Gasteiger partial charge on any atom is 0.320 e. The molecule has 0 spiro atoms. The molecule has 90 valence electrons. The summed E-state index contributed by atoms with van der Waals surface area (Å²) in [5.41, 5.74) is 5.42. The van der Waals surface area contributed by atoms with Crippen LogP contribution in [-0.2, 0) is 11.3 Å². The van der Waals surface area contributed by atoms with Gasteiger partial charge in [0.05, 0.1) is 4.34 Å². The van der Waals surface area contributed by atoms with Gasteiger partial charge in [-0.25, -0.2) is 0 Å². The molecule has 16 heavy (non-hydrogen) atoms. The molecule has 0 aliphatic carbocycles. The molecule has 1 aromatic rings. The summed E-state index contributed by atoms with van der Waals surface area (Å²) in [6.07, 6.45) is 0.449. The lowest BCUT2D eigenvalue weighted by atomic mass is 10.2. The van der Waals surface area contributed by atoms with Crippen LogP contribution in [0.15, 0.2) is 12.1 Å². The molecular formula is C10H15ClN2O2S. The molecule has 0 aliphatic rings. The summed E-state index contributed by atoms with van der Waals surface area (Å²) < 4.78 is 0.769. The zero-order valence-corrected chi connectivity index (χ0v) is 10.6. The minimum absolute atomic E-state index is 0.449. The second-order valence-electron chi connectivity index (χ2n) is 3.68. The van der Waals surface area contributed by atoms with Gasteiger partial charge in [0.15, 0.2) is 0 Å². The molecule has 0 saturated heterocycles. The fourth-order valence-corrected chi connectivity index (χ4v) is 2.43. The number of hydrogen-bond donors (Lipinski definition) is 2. The van der Waals surface area contributed by atoms with Gasteiger partial charge in [0.2, 0.25) is 0 Å². The van der Waals surface area contributed by atoms with Crippen LogP contribution in [-0.4, -0.2) is 35.6 Å². The van der Waals surface area contributed by atoms with E-state index in [0.717, 1.165) is 15.8 Å². The fourth-order valence-electron chi connectivity index (χ4n) is 1.26. The summed E-state index contributed by atoms with van der Waals surface area (Å²) in [4.78, 5) is 13.7. The second kappa shape index (κ2) is 6.20. The Morgan fingerprint density at radius 3 is 2.88 bits per heavy atom. The van der Waals surface area contributed by atoms with Gasteiger partial charge in [0.25, 0.3) is 0 Å². The monoisotopic (exact) mass is 262 g/mol. The van der Waals surface area contributed by atoms with E-state index in [4.69, 9.17) is 22.4 Å². The molecule has 1 unspecified atom stereocenters. The average Bonchev–Trinajstić information content (AvgIpc) is 2.60. The van der Waals surface area contributed by atoms with Crippen molar-refractivity contribution < 1.29 is 9.90 Å². The zero-order chi connectivity index (χ0) is 12.1. The standard InChI is InChI=1S/C10H15ClN2O2S/c1-13(5-4-8(12)10(14)15)6-7-2-3-9(11)16-7/h2-3,8H,4-6,12H2,1H3,(H,14,15). The molecule has 0 amide bonds. The van der Waals surface area contributed by atoms with E-state index in [9.17, 15) is 4.79 Å². The third kappa shape index (κ3) is 4.49. The van der Waals surface area contributed by atoms with Gasteiger partial charge in [0, 0.05) is 18.0 Å². The first-order chi connectivity index (χ1) is 7.49. The molecule has 0 aromatic carbocycles. The first-order valence-corrected chi connectivity index (χ1v) is 6.09. The van der Waals surface area contributed by atoms with Crippen molar-refractivity contribution in [1.82, 2.24) is 4.90 Å². The number of thiophene rings is 1.